The maximum absolute atomic E-state index is 12.2. The molecule has 0 spiro atoms. The van der Waals surface area contributed by atoms with E-state index in [1.54, 1.807) is 32.6 Å². The molecule has 0 radical (unpaired) electrons. The van der Waals surface area contributed by atoms with Crippen molar-refractivity contribution in [3.05, 3.63) is 59.8 Å². The van der Waals surface area contributed by atoms with Crippen molar-refractivity contribution in [3.8, 4) is 11.5 Å². The largest absolute Gasteiger partial charge is 0.497 e. The molecule has 28 heavy (non-hydrogen) atoms. The van der Waals surface area contributed by atoms with Gasteiger partial charge in [0.25, 0.3) is 0 Å². The zero-order valence-electron chi connectivity index (χ0n) is 15.9. The smallest absolute Gasteiger partial charge is 0.250 e. The number of benzene rings is 2. The normalized spacial score (nSPS) is 11.0. The van der Waals surface area contributed by atoms with Crippen LogP contribution in [0.5, 0.6) is 11.5 Å². The maximum atomic E-state index is 12.2. The van der Waals surface area contributed by atoms with Gasteiger partial charge in [-0.05, 0) is 31.2 Å². The van der Waals surface area contributed by atoms with Crippen LogP contribution in [0.15, 0.2) is 58.5 Å². The highest BCUT2D eigenvalue weighted by Gasteiger charge is 2.08. The Hall–Kier alpha value is -3.06. The minimum Gasteiger partial charge on any atom is -0.497 e. The Morgan fingerprint density at radius 1 is 1.18 bits per heavy atom. The fourth-order valence-electron chi connectivity index (χ4n) is 2.66. The topological polar surface area (TPSA) is 72.8 Å². The number of hydrogen-bond acceptors (Lipinski definition) is 6. The van der Waals surface area contributed by atoms with Crippen molar-refractivity contribution in [3.63, 3.8) is 0 Å². The number of methoxy groups -OCH3 is 2. The van der Waals surface area contributed by atoms with E-state index in [0.717, 1.165) is 27.1 Å². The Bertz CT molecular complexity index is 1020. The van der Waals surface area contributed by atoms with E-state index < -0.39 is 0 Å². The van der Waals surface area contributed by atoms with Crippen LogP contribution in [0.2, 0.25) is 0 Å². The monoisotopic (exact) mass is 395 g/mol. The molecule has 6 nitrogen and oxygen atoms in total. The number of ether oxygens (including phenoxy) is 2. The predicted octanol–water partition coefficient (Wildman–Crippen LogP) is 3.80. The van der Waals surface area contributed by atoms with Crippen LogP contribution >= 0.6 is 11.8 Å². The standard InChI is InChI=1S/C21H21N3O3S/c1-14-10-20(17-6-4-5-7-18(17)23-14)28-13-21(25)24-22-12-15-8-9-16(26-2)11-19(15)27-3/h4-12H,13H2,1-3H3,(H,24,25). The summed E-state index contributed by atoms with van der Waals surface area (Å²) < 4.78 is 10.5. The van der Waals surface area contributed by atoms with Crippen LogP contribution in [-0.2, 0) is 4.79 Å². The minimum absolute atomic E-state index is 0.188. The highest BCUT2D eigenvalue weighted by atomic mass is 32.2. The Morgan fingerprint density at radius 3 is 2.79 bits per heavy atom. The SMILES string of the molecule is COc1ccc(C=NNC(=O)CSc2cc(C)nc3ccccc23)c(OC)c1. The molecule has 1 aromatic heterocycles. The molecule has 0 aliphatic rings. The van der Waals surface area contributed by atoms with Gasteiger partial charge in [0.2, 0.25) is 5.91 Å². The van der Waals surface area contributed by atoms with Gasteiger partial charge >= 0.3 is 0 Å². The number of rotatable bonds is 7. The number of aromatic nitrogens is 1. The summed E-state index contributed by atoms with van der Waals surface area (Å²) in [5.41, 5.74) is 5.14. The van der Waals surface area contributed by atoms with Crippen molar-refractivity contribution < 1.29 is 14.3 Å². The summed E-state index contributed by atoms with van der Waals surface area (Å²) in [6, 6.07) is 15.3. The van der Waals surface area contributed by atoms with Crippen molar-refractivity contribution in [2.45, 2.75) is 11.8 Å². The van der Waals surface area contributed by atoms with Crippen LogP contribution in [0.4, 0.5) is 0 Å². The van der Waals surface area contributed by atoms with E-state index in [-0.39, 0.29) is 11.7 Å². The van der Waals surface area contributed by atoms with Crippen LogP contribution in [0.3, 0.4) is 0 Å². The van der Waals surface area contributed by atoms with Gasteiger partial charge in [-0.25, -0.2) is 5.43 Å². The van der Waals surface area contributed by atoms with Gasteiger partial charge in [0.05, 0.1) is 31.7 Å². The second-order valence-corrected chi connectivity index (χ2v) is 6.99. The molecular formula is C21H21N3O3S. The first-order chi connectivity index (χ1) is 13.6. The zero-order valence-corrected chi connectivity index (χ0v) is 16.7. The van der Waals surface area contributed by atoms with E-state index >= 15 is 0 Å². The number of nitrogens with one attached hydrogen (secondary N) is 1. The van der Waals surface area contributed by atoms with Crippen LogP contribution < -0.4 is 14.9 Å². The molecule has 0 aliphatic carbocycles. The molecule has 0 atom stereocenters. The van der Waals surface area contributed by atoms with E-state index in [0.29, 0.717) is 11.5 Å². The molecule has 0 aliphatic heterocycles. The van der Waals surface area contributed by atoms with Gasteiger partial charge in [-0.15, -0.1) is 11.8 Å². The fourth-order valence-corrected chi connectivity index (χ4v) is 3.60. The lowest BCUT2D eigenvalue weighted by Crippen LogP contribution is -2.19. The molecule has 0 saturated carbocycles. The van der Waals surface area contributed by atoms with Gasteiger partial charge in [-0.3, -0.25) is 9.78 Å². The van der Waals surface area contributed by atoms with E-state index in [2.05, 4.69) is 15.5 Å². The Labute approximate surface area is 168 Å². The summed E-state index contributed by atoms with van der Waals surface area (Å²) >= 11 is 1.46. The van der Waals surface area contributed by atoms with E-state index in [9.17, 15) is 4.79 Å². The number of pyridine rings is 1. The molecule has 0 bridgehead atoms. The molecule has 3 aromatic rings. The van der Waals surface area contributed by atoms with Crippen molar-refractivity contribution in [1.29, 1.82) is 0 Å². The van der Waals surface area contributed by atoms with Crippen LogP contribution in [0.25, 0.3) is 10.9 Å². The molecule has 0 unspecified atom stereocenters. The molecule has 1 N–H and O–H groups in total. The van der Waals surface area contributed by atoms with Gasteiger partial charge in [0.1, 0.15) is 11.5 Å². The number of hydrazone groups is 1. The number of nitrogens with zero attached hydrogens (tertiary/aromatic N) is 2. The Morgan fingerprint density at radius 2 is 2.00 bits per heavy atom. The van der Waals surface area contributed by atoms with Crippen LogP contribution in [0.1, 0.15) is 11.3 Å². The van der Waals surface area contributed by atoms with Gasteiger partial charge in [-0.2, -0.15) is 5.10 Å². The molecule has 3 rings (SSSR count). The number of carbonyl (C=O) groups is 1. The van der Waals surface area contributed by atoms with E-state index in [4.69, 9.17) is 9.47 Å². The van der Waals surface area contributed by atoms with Gasteiger partial charge in [-0.1, -0.05) is 18.2 Å². The van der Waals surface area contributed by atoms with Crippen molar-refractivity contribution in [1.82, 2.24) is 10.4 Å². The summed E-state index contributed by atoms with van der Waals surface area (Å²) in [5.74, 6) is 1.37. The fraction of sp³-hybridized carbons (Fsp3) is 0.190. The Kier molecular flexibility index (Phi) is 6.49. The van der Waals surface area contributed by atoms with E-state index in [1.165, 1.54) is 11.8 Å². The molecular weight excluding hydrogens is 374 g/mol. The lowest BCUT2D eigenvalue weighted by molar-refractivity contribution is -0.118. The molecule has 0 fully saturated rings. The summed E-state index contributed by atoms with van der Waals surface area (Å²) in [6.07, 6.45) is 1.55. The second-order valence-electron chi connectivity index (χ2n) is 5.97. The molecule has 1 amide bonds. The third-order valence-electron chi connectivity index (χ3n) is 4.00. The quantitative estimate of drug-likeness (QED) is 0.374. The highest BCUT2D eigenvalue weighted by molar-refractivity contribution is 8.00. The third-order valence-corrected chi connectivity index (χ3v) is 5.05. The summed E-state index contributed by atoms with van der Waals surface area (Å²) in [5, 5.41) is 5.07. The predicted molar refractivity (Wildman–Crippen MR) is 112 cm³/mol. The number of carbonyl (C=O) groups excluding carboxylic acids is 1. The van der Waals surface area contributed by atoms with Gasteiger partial charge < -0.3 is 9.47 Å². The number of amides is 1. The number of hydrogen-bond donors (Lipinski definition) is 1. The first-order valence-corrected chi connectivity index (χ1v) is 9.62. The highest BCUT2D eigenvalue weighted by Crippen LogP contribution is 2.27. The van der Waals surface area contributed by atoms with Gasteiger partial charge in [0, 0.05) is 27.6 Å². The number of para-hydroxylation sites is 1. The maximum Gasteiger partial charge on any atom is 0.250 e. The second kappa shape index (κ2) is 9.23. The lowest BCUT2D eigenvalue weighted by atomic mass is 10.2. The van der Waals surface area contributed by atoms with Crippen LogP contribution in [0, 0.1) is 6.92 Å². The minimum atomic E-state index is -0.188. The summed E-state index contributed by atoms with van der Waals surface area (Å²) in [7, 11) is 3.16. The number of thioether (sulfide) groups is 1. The number of aryl methyl sites for hydroxylation is 1. The molecule has 2 aromatic carbocycles. The lowest BCUT2D eigenvalue weighted by Gasteiger charge is -2.08. The molecule has 1 heterocycles. The van der Waals surface area contributed by atoms with Crippen molar-refractivity contribution in [2.75, 3.05) is 20.0 Å². The van der Waals surface area contributed by atoms with Crippen molar-refractivity contribution in [2.24, 2.45) is 5.10 Å². The summed E-state index contributed by atoms with van der Waals surface area (Å²) in [6.45, 7) is 1.95. The first kappa shape index (κ1) is 19.7. The Balaban J connectivity index is 1.62. The summed E-state index contributed by atoms with van der Waals surface area (Å²) in [4.78, 5) is 17.7. The molecule has 144 valence electrons. The average Bonchev–Trinajstić information content (AvgIpc) is 2.72. The van der Waals surface area contributed by atoms with Crippen LogP contribution in [-0.4, -0.2) is 37.1 Å². The van der Waals surface area contributed by atoms with Gasteiger partial charge in [0.15, 0.2) is 0 Å². The van der Waals surface area contributed by atoms with E-state index in [1.807, 2.05) is 43.3 Å². The molecule has 7 heteroatoms. The number of fused-ring (bicyclic) bond motifs is 1. The van der Waals surface area contributed by atoms with Crippen molar-refractivity contribution >= 4 is 34.8 Å². The zero-order chi connectivity index (χ0) is 19.9. The molecule has 0 saturated heterocycles. The average molecular weight is 395 g/mol. The third kappa shape index (κ3) is 4.80. The first-order valence-electron chi connectivity index (χ1n) is 8.64.